The number of aryl methyl sites for hydroxylation is 1. The molecule has 0 spiro atoms. The van der Waals surface area contributed by atoms with Gasteiger partial charge in [0.05, 0.1) is 13.2 Å². The highest BCUT2D eigenvalue weighted by molar-refractivity contribution is 5.69. The van der Waals surface area contributed by atoms with Gasteiger partial charge in [-0.25, -0.2) is 0 Å². The van der Waals surface area contributed by atoms with Crippen LogP contribution in [0, 0.1) is 12.8 Å². The maximum absolute atomic E-state index is 10.7. The van der Waals surface area contributed by atoms with Crippen LogP contribution in [0.2, 0.25) is 0 Å². The summed E-state index contributed by atoms with van der Waals surface area (Å²) in [7, 11) is 0. The Balaban J connectivity index is 1.81. The van der Waals surface area contributed by atoms with Crippen LogP contribution in [0.5, 0.6) is 5.75 Å². The molecular weight excluding hydrogens is 242 g/mol. The Kier molecular flexibility index (Phi) is 4.80. The predicted molar refractivity (Wildman–Crippen MR) is 73.5 cm³/mol. The Morgan fingerprint density at radius 2 is 2.37 bits per heavy atom. The van der Waals surface area contributed by atoms with Gasteiger partial charge in [0.2, 0.25) is 0 Å². The zero-order valence-electron chi connectivity index (χ0n) is 11.3. The number of piperidine rings is 1. The molecule has 19 heavy (non-hydrogen) atoms. The van der Waals surface area contributed by atoms with Gasteiger partial charge in [0.25, 0.3) is 0 Å². The average molecular weight is 263 g/mol. The maximum Gasteiger partial charge on any atom is 0.317 e. The lowest BCUT2D eigenvalue weighted by Crippen LogP contribution is -2.40. The van der Waals surface area contributed by atoms with E-state index in [1.54, 1.807) is 0 Å². The number of carboxylic acid groups (broad SMARTS) is 1. The molecule has 2 rings (SSSR count). The lowest BCUT2D eigenvalue weighted by molar-refractivity contribution is -0.138. The van der Waals surface area contributed by atoms with Crippen molar-refractivity contribution < 1.29 is 14.6 Å². The van der Waals surface area contributed by atoms with E-state index >= 15 is 0 Å². The first kappa shape index (κ1) is 13.9. The zero-order chi connectivity index (χ0) is 13.7. The number of carboxylic acids is 1. The monoisotopic (exact) mass is 263 g/mol. The van der Waals surface area contributed by atoms with Crippen molar-refractivity contribution in [2.45, 2.75) is 19.8 Å². The average Bonchev–Trinajstić information content (AvgIpc) is 2.36. The van der Waals surface area contributed by atoms with Crippen LogP contribution in [-0.2, 0) is 4.79 Å². The van der Waals surface area contributed by atoms with Crippen molar-refractivity contribution >= 4 is 5.97 Å². The van der Waals surface area contributed by atoms with Gasteiger partial charge in [-0.15, -0.1) is 0 Å². The van der Waals surface area contributed by atoms with Crippen LogP contribution >= 0.6 is 0 Å². The number of hydrogen-bond acceptors (Lipinski definition) is 3. The van der Waals surface area contributed by atoms with E-state index in [9.17, 15) is 4.79 Å². The van der Waals surface area contributed by atoms with Gasteiger partial charge in [-0.05, 0) is 44.0 Å². The first-order valence-electron chi connectivity index (χ1n) is 6.77. The number of nitrogens with zero attached hydrogens (tertiary/aromatic N) is 1. The fraction of sp³-hybridized carbons (Fsp3) is 0.533. The molecule has 1 heterocycles. The molecule has 0 aliphatic carbocycles. The Labute approximate surface area is 114 Å². The van der Waals surface area contributed by atoms with Gasteiger partial charge in [-0.2, -0.15) is 0 Å². The summed E-state index contributed by atoms with van der Waals surface area (Å²) in [5.41, 5.74) is 1.19. The van der Waals surface area contributed by atoms with Gasteiger partial charge in [0, 0.05) is 12.5 Å². The van der Waals surface area contributed by atoms with Gasteiger partial charge in [0.15, 0.2) is 0 Å². The van der Waals surface area contributed by atoms with E-state index in [0.29, 0.717) is 12.5 Å². The van der Waals surface area contributed by atoms with Gasteiger partial charge < -0.3 is 9.84 Å². The second kappa shape index (κ2) is 6.57. The molecular formula is C15H21NO3. The first-order valence-corrected chi connectivity index (χ1v) is 6.77. The largest absolute Gasteiger partial charge is 0.493 e. The number of carbonyl (C=O) groups is 1. The van der Waals surface area contributed by atoms with Crippen LogP contribution in [0.4, 0.5) is 0 Å². The van der Waals surface area contributed by atoms with E-state index in [1.165, 1.54) is 5.56 Å². The quantitative estimate of drug-likeness (QED) is 0.884. The van der Waals surface area contributed by atoms with Gasteiger partial charge in [-0.1, -0.05) is 12.1 Å². The smallest absolute Gasteiger partial charge is 0.317 e. The SMILES string of the molecule is Cc1cccc(OC[C@@H]2CCCN(CC(=O)O)C2)c1. The molecule has 0 saturated carbocycles. The normalized spacial score (nSPS) is 20.2. The summed E-state index contributed by atoms with van der Waals surface area (Å²) in [6.07, 6.45) is 2.16. The number of hydrogen-bond donors (Lipinski definition) is 1. The summed E-state index contributed by atoms with van der Waals surface area (Å²) in [5.74, 6) is 0.573. The van der Waals surface area contributed by atoms with Crippen molar-refractivity contribution in [3.05, 3.63) is 29.8 Å². The van der Waals surface area contributed by atoms with Crippen molar-refractivity contribution in [1.82, 2.24) is 4.90 Å². The van der Waals surface area contributed by atoms with Gasteiger partial charge in [-0.3, -0.25) is 9.69 Å². The Hall–Kier alpha value is -1.55. The molecule has 1 atom stereocenters. The molecule has 1 aromatic carbocycles. The molecule has 1 aromatic rings. The number of aliphatic carboxylic acids is 1. The topological polar surface area (TPSA) is 49.8 Å². The van der Waals surface area contributed by atoms with Gasteiger partial charge >= 0.3 is 5.97 Å². The third-order valence-corrected chi connectivity index (χ3v) is 3.44. The summed E-state index contributed by atoms with van der Waals surface area (Å²) in [6, 6.07) is 8.02. The molecule has 1 fully saturated rings. The van der Waals surface area contributed by atoms with Crippen molar-refractivity contribution in [3.8, 4) is 5.75 Å². The summed E-state index contributed by atoms with van der Waals surface area (Å²) < 4.78 is 5.81. The molecule has 1 aliphatic heterocycles. The van der Waals surface area contributed by atoms with Crippen molar-refractivity contribution in [1.29, 1.82) is 0 Å². The van der Waals surface area contributed by atoms with Crippen LogP contribution < -0.4 is 4.74 Å². The highest BCUT2D eigenvalue weighted by Gasteiger charge is 2.21. The fourth-order valence-corrected chi connectivity index (χ4v) is 2.54. The molecule has 1 N–H and O–H groups in total. The number of ether oxygens (including phenoxy) is 1. The highest BCUT2D eigenvalue weighted by atomic mass is 16.5. The van der Waals surface area contributed by atoms with Crippen molar-refractivity contribution in [2.24, 2.45) is 5.92 Å². The highest BCUT2D eigenvalue weighted by Crippen LogP contribution is 2.19. The maximum atomic E-state index is 10.7. The zero-order valence-corrected chi connectivity index (χ0v) is 11.3. The Morgan fingerprint density at radius 3 is 3.11 bits per heavy atom. The first-order chi connectivity index (χ1) is 9.13. The van der Waals surface area contributed by atoms with E-state index in [1.807, 2.05) is 36.1 Å². The Bertz CT molecular complexity index is 433. The third kappa shape index (κ3) is 4.56. The fourth-order valence-electron chi connectivity index (χ4n) is 2.54. The van der Waals surface area contributed by atoms with Crippen LogP contribution in [0.1, 0.15) is 18.4 Å². The molecule has 0 bridgehead atoms. The summed E-state index contributed by atoms with van der Waals surface area (Å²) in [4.78, 5) is 12.7. The van der Waals surface area contributed by atoms with Crippen LogP contribution in [0.3, 0.4) is 0 Å². The van der Waals surface area contributed by atoms with Crippen molar-refractivity contribution in [3.63, 3.8) is 0 Å². The second-order valence-electron chi connectivity index (χ2n) is 5.26. The summed E-state index contributed by atoms with van der Waals surface area (Å²) in [5, 5.41) is 8.82. The third-order valence-electron chi connectivity index (χ3n) is 3.44. The predicted octanol–water partition coefficient (Wildman–Crippen LogP) is 2.17. The van der Waals surface area contributed by atoms with E-state index in [-0.39, 0.29) is 6.54 Å². The Morgan fingerprint density at radius 1 is 1.53 bits per heavy atom. The number of likely N-dealkylation sites (tertiary alicyclic amines) is 1. The molecule has 4 nitrogen and oxygen atoms in total. The van der Waals surface area contributed by atoms with Gasteiger partial charge in [0.1, 0.15) is 5.75 Å². The molecule has 104 valence electrons. The van der Waals surface area contributed by atoms with Crippen LogP contribution in [0.15, 0.2) is 24.3 Å². The number of rotatable bonds is 5. The molecule has 1 saturated heterocycles. The molecule has 4 heteroatoms. The van der Waals surface area contributed by atoms with E-state index < -0.39 is 5.97 Å². The van der Waals surface area contributed by atoms with E-state index in [4.69, 9.17) is 9.84 Å². The van der Waals surface area contributed by atoms with Crippen LogP contribution in [0.25, 0.3) is 0 Å². The molecule has 0 unspecified atom stereocenters. The second-order valence-corrected chi connectivity index (χ2v) is 5.26. The standard InChI is InChI=1S/C15H21NO3/c1-12-4-2-6-14(8-12)19-11-13-5-3-7-16(9-13)10-15(17)18/h2,4,6,8,13H,3,5,7,9-11H2,1H3,(H,17,18)/t13-/m1/s1. The lowest BCUT2D eigenvalue weighted by atomic mass is 9.99. The summed E-state index contributed by atoms with van der Waals surface area (Å²) >= 11 is 0. The summed E-state index contributed by atoms with van der Waals surface area (Å²) in [6.45, 7) is 4.55. The minimum atomic E-state index is -0.750. The van der Waals surface area contributed by atoms with E-state index in [0.717, 1.165) is 31.7 Å². The van der Waals surface area contributed by atoms with E-state index in [2.05, 4.69) is 0 Å². The molecule has 0 aromatic heterocycles. The minimum Gasteiger partial charge on any atom is -0.493 e. The minimum absolute atomic E-state index is 0.140. The lowest BCUT2D eigenvalue weighted by Gasteiger charge is -2.31. The molecule has 0 radical (unpaired) electrons. The molecule has 0 amide bonds. The molecule has 1 aliphatic rings. The number of benzene rings is 1. The van der Waals surface area contributed by atoms with Crippen molar-refractivity contribution in [2.75, 3.05) is 26.2 Å². The van der Waals surface area contributed by atoms with Crippen LogP contribution in [-0.4, -0.2) is 42.2 Å².